The minimum absolute atomic E-state index is 0.0459. The molecule has 84 valence electrons. The fourth-order valence-electron chi connectivity index (χ4n) is 1.77. The molecule has 0 unspecified atom stereocenters. The van der Waals surface area contributed by atoms with E-state index in [9.17, 15) is 9.90 Å². The lowest BCUT2D eigenvalue weighted by Crippen LogP contribution is -2.61. The number of carbonyl (C=O) groups excluding carboxylic acids is 1. The molecular weight excluding hydrogens is 202 g/mol. The largest absolute Gasteiger partial charge is 0.386 e. The van der Waals surface area contributed by atoms with Gasteiger partial charge in [0, 0.05) is 6.08 Å². The van der Waals surface area contributed by atoms with Crippen molar-refractivity contribution in [2.45, 2.75) is 12.5 Å². The third kappa shape index (κ3) is 2.49. The van der Waals surface area contributed by atoms with E-state index in [-0.39, 0.29) is 5.91 Å². The predicted octanol–water partition coefficient (Wildman–Crippen LogP) is 1.29. The fourth-order valence-corrected chi connectivity index (χ4v) is 1.77. The van der Waals surface area contributed by atoms with Gasteiger partial charge in [0.05, 0.1) is 18.7 Å². The number of benzene rings is 1. The highest BCUT2D eigenvalue weighted by atomic mass is 16.3. The maximum atomic E-state index is 11.6. The quantitative estimate of drug-likeness (QED) is 0.758. The number of likely N-dealkylation sites (tertiary alicyclic amines) is 1. The van der Waals surface area contributed by atoms with Crippen LogP contribution < -0.4 is 0 Å². The molecule has 1 aromatic carbocycles. The highest BCUT2D eigenvalue weighted by Crippen LogP contribution is 2.19. The van der Waals surface area contributed by atoms with Crippen molar-refractivity contribution in [3.8, 4) is 0 Å². The van der Waals surface area contributed by atoms with Crippen LogP contribution in [0, 0.1) is 0 Å². The van der Waals surface area contributed by atoms with Crippen LogP contribution in [0.25, 0.3) is 6.08 Å². The van der Waals surface area contributed by atoms with E-state index in [1.165, 1.54) is 0 Å². The molecule has 2 rings (SSSR count). The molecule has 3 nitrogen and oxygen atoms in total. The summed E-state index contributed by atoms with van der Waals surface area (Å²) in [5.74, 6) is -0.0459. The summed E-state index contributed by atoms with van der Waals surface area (Å²) >= 11 is 0. The zero-order valence-corrected chi connectivity index (χ0v) is 9.26. The highest BCUT2D eigenvalue weighted by Gasteiger charge is 2.38. The number of carbonyl (C=O) groups is 1. The maximum absolute atomic E-state index is 11.6. The van der Waals surface area contributed by atoms with E-state index in [1.807, 2.05) is 30.3 Å². The lowest BCUT2D eigenvalue weighted by Gasteiger charge is -2.43. The SMILES string of the molecule is CC1(O)CN(C(=O)C=Cc2ccccc2)C1. The number of aliphatic hydroxyl groups is 1. The molecule has 0 spiro atoms. The van der Waals surface area contributed by atoms with E-state index in [4.69, 9.17) is 0 Å². The summed E-state index contributed by atoms with van der Waals surface area (Å²) in [6.07, 6.45) is 3.33. The zero-order valence-electron chi connectivity index (χ0n) is 9.26. The minimum Gasteiger partial charge on any atom is -0.386 e. The first-order chi connectivity index (χ1) is 7.57. The molecule has 1 aliphatic rings. The van der Waals surface area contributed by atoms with Crippen molar-refractivity contribution < 1.29 is 9.90 Å². The molecule has 0 radical (unpaired) electrons. The third-order valence-corrected chi connectivity index (χ3v) is 2.59. The van der Waals surface area contributed by atoms with Gasteiger partial charge in [-0.3, -0.25) is 4.79 Å². The smallest absolute Gasteiger partial charge is 0.246 e. The van der Waals surface area contributed by atoms with Gasteiger partial charge in [0.1, 0.15) is 0 Å². The second kappa shape index (κ2) is 4.10. The Morgan fingerprint density at radius 1 is 1.38 bits per heavy atom. The molecule has 1 fully saturated rings. The predicted molar refractivity (Wildman–Crippen MR) is 62.7 cm³/mol. The van der Waals surface area contributed by atoms with Crippen LogP contribution in [0.1, 0.15) is 12.5 Å². The van der Waals surface area contributed by atoms with E-state index in [0.717, 1.165) is 5.56 Å². The molecule has 0 aromatic heterocycles. The Bertz CT molecular complexity index is 401. The summed E-state index contributed by atoms with van der Waals surface area (Å²) in [5, 5.41) is 9.50. The molecule has 1 aliphatic heterocycles. The van der Waals surface area contributed by atoms with Crippen LogP contribution in [0.4, 0.5) is 0 Å². The van der Waals surface area contributed by atoms with Crippen LogP contribution >= 0.6 is 0 Å². The Balaban J connectivity index is 1.91. The van der Waals surface area contributed by atoms with Crippen LogP contribution in [0.15, 0.2) is 36.4 Å². The summed E-state index contributed by atoms with van der Waals surface area (Å²) in [4.78, 5) is 13.2. The topological polar surface area (TPSA) is 40.5 Å². The van der Waals surface area contributed by atoms with Crippen LogP contribution in [0.3, 0.4) is 0 Å². The number of rotatable bonds is 2. The van der Waals surface area contributed by atoms with Crippen molar-refractivity contribution >= 4 is 12.0 Å². The average Bonchev–Trinajstić information content (AvgIpc) is 2.24. The van der Waals surface area contributed by atoms with E-state index in [0.29, 0.717) is 13.1 Å². The summed E-state index contributed by atoms with van der Waals surface area (Å²) in [7, 11) is 0. The normalized spacial score (nSPS) is 18.5. The molecule has 3 heteroatoms. The molecule has 0 atom stereocenters. The van der Waals surface area contributed by atoms with Crippen LogP contribution in [0.2, 0.25) is 0 Å². The Kier molecular flexibility index (Phi) is 2.79. The summed E-state index contributed by atoms with van der Waals surface area (Å²) in [5.41, 5.74) is 0.305. The van der Waals surface area contributed by atoms with Crippen LogP contribution in [-0.4, -0.2) is 34.6 Å². The number of hydrogen-bond acceptors (Lipinski definition) is 2. The van der Waals surface area contributed by atoms with Crippen molar-refractivity contribution in [1.29, 1.82) is 0 Å². The van der Waals surface area contributed by atoms with Crippen LogP contribution in [-0.2, 0) is 4.79 Å². The van der Waals surface area contributed by atoms with Gasteiger partial charge in [-0.1, -0.05) is 30.3 Å². The van der Waals surface area contributed by atoms with Crippen LogP contribution in [0.5, 0.6) is 0 Å². The van der Waals surface area contributed by atoms with Crippen molar-refractivity contribution in [1.82, 2.24) is 4.90 Å². The third-order valence-electron chi connectivity index (χ3n) is 2.59. The van der Waals surface area contributed by atoms with Gasteiger partial charge >= 0.3 is 0 Å². The van der Waals surface area contributed by atoms with Crippen molar-refractivity contribution in [3.05, 3.63) is 42.0 Å². The molecule has 1 N–H and O–H groups in total. The van der Waals surface area contributed by atoms with E-state index >= 15 is 0 Å². The zero-order chi connectivity index (χ0) is 11.6. The molecule has 1 aromatic rings. The lowest BCUT2D eigenvalue weighted by atomic mass is 9.97. The highest BCUT2D eigenvalue weighted by molar-refractivity contribution is 5.92. The molecule has 0 bridgehead atoms. The Morgan fingerprint density at radius 2 is 2.00 bits per heavy atom. The van der Waals surface area contributed by atoms with Gasteiger partial charge in [0.25, 0.3) is 0 Å². The van der Waals surface area contributed by atoms with Gasteiger partial charge in [-0.2, -0.15) is 0 Å². The molecule has 1 amide bonds. The number of hydrogen-bond donors (Lipinski definition) is 1. The molecular formula is C13H15NO2. The first kappa shape index (κ1) is 10.9. The average molecular weight is 217 g/mol. The number of nitrogens with zero attached hydrogens (tertiary/aromatic N) is 1. The summed E-state index contributed by atoms with van der Waals surface area (Å²) < 4.78 is 0. The maximum Gasteiger partial charge on any atom is 0.246 e. The van der Waals surface area contributed by atoms with E-state index < -0.39 is 5.60 Å². The second-order valence-electron chi connectivity index (χ2n) is 4.44. The Hall–Kier alpha value is -1.61. The van der Waals surface area contributed by atoms with E-state index in [2.05, 4.69) is 0 Å². The van der Waals surface area contributed by atoms with E-state index in [1.54, 1.807) is 24.0 Å². The van der Waals surface area contributed by atoms with Gasteiger partial charge in [0.15, 0.2) is 0 Å². The first-order valence-electron chi connectivity index (χ1n) is 5.31. The molecule has 1 saturated heterocycles. The lowest BCUT2D eigenvalue weighted by molar-refractivity contribution is -0.146. The van der Waals surface area contributed by atoms with Crippen molar-refractivity contribution in [2.75, 3.05) is 13.1 Å². The van der Waals surface area contributed by atoms with Crippen molar-refractivity contribution in [3.63, 3.8) is 0 Å². The first-order valence-corrected chi connectivity index (χ1v) is 5.31. The molecule has 0 aliphatic carbocycles. The minimum atomic E-state index is -0.698. The monoisotopic (exact) mass is 217 g/mol. The van der Waals surface area contributed by atoms with Gasteiger partial charge in [-0.05, 0) is 18.6 Å². The number of β-amino-alcohol motifs (C(OH)–C–C–N with tert-alkyl or cyclic N) is 1. The molecule has 16 heavy (non-hydrogen) atoms. The van der Waals surface area contributed by atoms with Gasteiger partial charge < -0.3 is 10.0 Å². The van der Waals surface area contributed by atoms with Crippen molar-refractivity contribution in [2.24, 2.45) is 0 Å². The Labute approximate surface area is 95.0 Å². The number of amides is 1. The second-order valence-corrected chi connectivity index (χ2v) is 4.44. The van der Waals surface area contributed by atoms with Gasteiger partial charge in [-0.15, -0.1) is 0 Å². The molecule has 0 saturated carbocycles. The van der Waals surface area contributed by atoms with Gasteiger partial charge in [0.2, 0.25) is 5.91 Å². The Morgan fingerprint density at radius 3 is 2.56 bits per heavy atom. The van der Waals surface area contributed by atoms with Gasteiger partial charge in [-0.25, -0.2) is 0 Å². The summed E-state index contributed by atoms with van der Waals surface area (Å²) in [6.45, 7) is 2.58. The molecule has 1 heterocycles. The summed E-state index contributed by atoms with van der Waals surface area (Å²) in [6, 6.07) is 9.68. The fraction of sp³-hybridized carbons (Fsp3) is 0.308. The standard InChI is InChI=1S/C13H15NO2/c1-13(16)9-14(10-13)12(15)8-7-11-5-3-2-4-6-11/h2-8,16H,9-10H2,1H3.